The summed E-state index contributed by atoms with van der Waals surface area (Å²) in [6.07, 6.45) is 2.23. The van der Waals surface area contributed by atoms with Crippen molar-refractivity contribution in [3.8, 4) is 0 Å². The lowest BCUT2D eigenvalue weighted by atomic mass is 10.1. The third-order valence-corrected chi connectivity index (χ3v) is 9.61. The third kappa shape index (κ3) is 3.13. The lowest BCUT2D eigenvalue weighted by Gasteiger charge is -2.24. The molecule has 3 aromatic rings. The maximum atomic E-state index is 6.41. The van der Waals surface area contributed by atoms with Crippen molar-refractivity contribution in [2.75, 3.05) is 6.54 Å². The number of hydrogen-bond acceptors (Lipinski definition) is 2. The van der Waals surface area contributed by atoms with Crippen LogP contribution >= 0.6 is 6.04 Å². The zero-order valence-electron chi connectivity index (χ0n) is 14.0. The van der Waals surface area contributed by atoms with E-state index in [1.165, 1.54) is 27.2 Å². The lowest BCUT2D eigenvalue weighted by Crippen LogP contribution is -2.25. The van der Waals surface area contributed by atoms with Crippen LogP contribution in [0.1, 0.15) is 18.4 Å². The summed E-state index contributed by atoms with van der Waals surface area (Å²) in [5, 5.41) is 3.72. The topological polar surface area (TPSA) is 12.4 Å². The van der Waals surface area contributed by atoms with Gasteiger partial charge in [0.25, 0.3) is 0 Å². The highest BCUT2D eigenvalue weighted by Crippen LogP contribution is 2.42. The average Bonchev–Trinajstić information content (AvgIpc) is 3.24. The SMILES string of the molecule is S=P(c1ccccc1)(c1ccccc1)c1cccc(C2=NCCC2)c1. The van der Waals surface area contributed by atoms with E-state index in [1.807, 2.05) is 0 Å². The second-order valence-electron chi connectivity index (χ2n) is 6.26. The quantitative estimate of drug-likeness (QED) is 0.639. The van der Waals surface area contributed by atoms with Crippen LogP contribution in [-0.2, 0) is 11.8 Å². The van der Waals surface area contributed by atoms with Crippen LogP contribution in [0.2, 0.25) is 0 Å². The van der Waals surface area contributed by atoms with Gasteiger partial charge in [0.15, 0.2) is 0 Å². The van der Waals surface area contributed by atoms with Crippen molar-refractivity contribution in [3.63, 3.8) is 0 Å². The molecule has 1 aliphatic rings. The van der Waals surface area contributed by atoms with Gasteiger partial charge in [-0.05, 0) is 40.4 Å². The minimum atomic E-state index is -2.07. The molecule has 0 aliphatic carbocycles. The van der Waals surface area contributed by atoms with E-state index in [-0.39, 0.29) is 0 Å². The zero-order chi connectivity index (χ0) is 17.1. The molecule has 3 aromatic carbocycles. The molecule has 1 aliphatic heterocycles. The van der Waals surface area contributed by atoms with Gasteiger partial charge in [0.1, 0.15) is 0 Å². The fourth-order valence-electron chi connectivity index (χ4n) is 3.38. The Hall–Kier alpha value is -2.02. The van der Waals surface area contributed by atoms with Gasteiger partial charge in [-0.2, -0.15) is 0 Å². The van der Waals surface area contributed by atoms with Gasteiger partial charge in [0, 0.05) is 18.3 Å². The van der Waals surface area contributed by atoms with Gasteiger partial charge in [-0.3, -0.25) is 4.99 Å². The van der Waals surface area contributed by atoms with E-state index < -0.39 is 6.04 Å². The van der Waals surface area contributed by atoms with Crippen LogP contribution in [0.3, 0.4) is 0 Å². The largest absolute Gasteiger partial charge is 0.289 e. The fraction of sp³-hybridized carbons (Fsp3) is 0.136. The summed E-state index contributed by atoms with van der Waals surface area (Å²) >= 11 is 6.41. The number of aliphatic imine (C=N–C) groups is 1. The molecule has 0 saturated carbocycles. The second kappa shape index (κ2) is 7.07. The Morgan fingerprint density at radius 2 is 1.32 bits per heavy atom. The van der Waals surface area contributed by atoms with E-state index in [0.717, 1.165) is 19.4 Å². The van der Waals surface area contributed by atoms with Gasteiger partial charge < -0.3 is 0 Å². The predicted octanol–water partition coefficient (Wildman–Crippen LogP) is 4.03. The van der Waals surface area contributed by atoms with Crippen molar-refractivity contribution in [3.05, 3.63) is 90.5 Å². The number of nitrogens with zero attached hydrogens (tertiary/aromatic N) is 1. The summed E-state index contributed by atoms with van der Waals surface area (Å²) in [5.74, 6) is 0. The van der Waals surface area contributed by atoms with Crippen LogP contribution in [0.15, 0.2) is 89.9 Å². The minimum absolute atomic E-state index is 0.949. The molecule has 0 aromatic heterocycles. The molecule has 3 heteroatoms. The molecule has 124 valence electrons. The summed E-state index contributed by atoms with van der Waals surface area (Å²) in [7, 11) is 0. The van der Waals surface area contributed by atoms with E-state index >= 15 is 0 Å². The summed E-state index contributed by atoms with van der Waals surface area (Å²) < 4.78 is 0. The molecule has 0 fully saturated rings. The first kappa shape index (κ1) is 16.4. The van der Waals surface area contributed by atoms with Crippen LogP contribution < -0.4 is 15.9 Å². The highest BCUT2D eigenvalue weighted by Gasteiger charge is 2.25. The molecule has 1 heterocycles. The van der Waals surface area contributed by atoms with Crippen LogP contribution in [0.5, 0.6) is 0 Å². The molecule has 0 radical (unpaired) electrons. The molecule has 0 bridgehead atoms. The van der Waals surface area contributed by atoms with Crippen molar-refractivity contribution < 1.29 is 0 Å². The Kier molecular flexibility index (Phi) is 4.65. The second-order valence-corrected chi connectivity index (χ2v) is 10.7. The molecular formula is C22H20NPS. The van der Waals surface area contributed by atoms with E-state index in [2.05, 4.69) is 89.9 Å². The normalized spacial score (nSPS) is 14.3. The minimum Gasteiger partial charge on any atom is -0.289 e. The lowest BCUT2D eigenvalue weighted by molar-refractivity contribution is 0.951. The van der Waals surface area contributed by atoms with E-state index in [9.17, 15) is 0 Å². The molecule has 0 amide bonds. The first-order valence-electron chi connectivity index (χ1n) is 8.64. The van der Waals surface area contributed by atoms with Gasteiger partial charge in [-0.15, -0.1) is 0 Å². The Morgan fingerprint density at radius 3 is 1.88 bits per heavy atom. The number of hydrogen-bond donors (Lipinski definition) is 0. The molecule has 0 saturated heterocycles. The third-order valence-electron chi connectivity index (χ3n) is 4.66. The zero-order valence-corrected chi connectivity index (χ0v) is 15.7. The molecule has 0 atom stereocenters. The van der Waals surface area contributed by atoms with Crippen LogP contribution in [0.25, 0.3) is 0 Å². The van der Waals surface area contributed by atoms with Crippen molar-refractivity contribution in [1.82, 2.24) is 0 Å². The number of rotatable bonds is 4. The fourth-order valence-corrected chi connectivity index (χ4v) is 7.15. The molecule has 0 N–H and O–H groups in total. The highest BCUT2D eigenvalue weighted by atomic mass is 32.4. The van der Waals surface area contributed by atoms with Crippen molar-refractivity contribution >= 4 is 39.5 Å². The van der Waals surface area contributed by atoms with Gasteiger partial charge in [0.05, 0.1) is 0 Å². The smallest absolute Gasteiger partial charge is 0.0421 e. The summed E-state index contributed by atoms with van der Waals surface area (Å²) in [6, 6.07) is 27.9. The van der Waals surface area contributed by atoms with Crippen molar-refractivity contribution in [2.24, 2.45) is 4.99 Å². The summed E-state index contributed by atoms with van der Waals surface area (Å²) in [4.78, 5) is 4.67. The van der Waals surface area contributed by atoms with Crippen LogP contribution in [-0.4, -0.2) is 12.3 Å². The van der Waals surface area contributed by atoms with Gasteiger partial charge in [-0.1, -0.05) is 90.7 Å². The van der Waals surface area contributed by atoms with Crippen LogP contribution in [0.4, 0.5) is 0 Å². The molecule has 25 heavy (non-hydrogen) atoms. The van der Waals surface area contributed by atoms with E-state index in [1.54, 1.807) is 0 Å². The maximum absolute atomic E-state index is 6.41. The Balaban J connectivity index is 1.91. The highest BCUT2D eigenvalue weighted by molar-refractivity contribution is 8.25. The standard InChI is InChI=1S/C22H20NPS/c25-24(19-10-3-1-4-11-19,20-12-5-2-6-13-20)21-14-7-9-18(17-21)22-15-8-16-23-22/h1-7,9-14,17H,8,15-16H2. The Morgan fingerprint density at radius 1 is 0.720 bits per heavy atom. The molecule has 4 rings (SSSR count). The van der Waals surface area contributed by atoms with Gasteiger partial charge in [0.2, 0.25) is 0 Å². The summed E-state index contributed by atoms with van der Waals surface area (Å²) in [6.45, 7) is 0.949. The molecule has 0 unspecified atom stereocenters. The monoisotopic (exact) mass is 361 g/mol. The predicted molar refractivity (Wildman–Crippen MR) is 113 cm³/mol. The summed E-state index contributed by atoms with van der Waals surface area (Å²) in [5.41, 5.74) is 2.46. The van der Waals surface area contributed by atoms with Gasteiger partial charge in [-0.25, -0.2) is 0 Å². The van der Waals surface area contributed by atoms with Crippen molar-refractivity contribution in [1.29, 1.82) is 0 Å². The van der Waals surface area contributed by atoms with E-state index in [4.69, 9.17) is 11.8 Å². The van der Waals surface area contributed by atoms with Crippen molar-refractivity contribution in [2.45, 2.75) is 12.8 Å². The Labute approximate surface area is 154 Å². The number of benzene rings is 3. The first-order chi connectivity index (χ1) is 12.3. The molecule has 1 nitrogen and oxygen atoms in total. The molecule has 0 spiro atoms. The molecular weight excluding hydrogens is 341 g/mol. The maximum Gasteiger partial charge on any atom is 0.0421 e. The van der Waals surface area contributed by atoms with E-state index in [0.29, 0.717) is 0 Å². The van der Waals surface area contributed by atoms with Crippen LogP contribution in [0, 0.1) is 0 Å². The first-order valence-corrected chi connectivity index (χ1v) is 11.4. The average molecular weight is 361 g/mol. The van der Waals surface area contributed by atoms with Gasteiger partial charge >= 0.3 is 0 Å². The Bertz CT molecular complexity index is 905.